The lowest BCUT2D eigenvalue weighted by Crippen LogP contribution is -2.40. The number of hydrogen-bond donors (Lipinski definition) is 2. The normalized spacial score (nSPS) is 22.5. The highest BCUT2D eigenvalue weighted by Crippen LogP contribution is 2.33. The molecule has 3 N–H and O–H groups in total. The minimum absolute atomic E-state index is 0.0848. The molecular formula is C12H16N2O3S. The SMILES string of the molecule is CC1=CC(N(C)C(=O)c2scc(N)c2O)C(C)O1. The van der Waals surface area contributed by atoms with Crippen LogP contribution in [0.3, 0.4) is 0 Å². The van der Waals surface area contributed by atoms with Gasteiger partial charge in [0.25, 0.3) is 5.91 Å². The summed E-state index contributed by atoms with van der Waals surface area (Å²) in [7, 11) is 1.69. The number of allylic oxidation sites excluding steroid dienone is 1. The van der Waals surface area contributed by atoms with Crippen molar-refractivity contribution in [2.75, 3.05) is 12.8 Å². The molecule has 0 aromatic carbocycles. The smallest absolute Gasteiger partial charge is 0.268 e. The molecule has 0 saturated heterocycles. The lowest BCUT2D eigenvalue weighted by Gasteiger charge is -2.25. The predicted octanol–water partition coefficient (Wildman–Crippen LogP) is 1.80. The van der Waals surface area contributed by atoms with Gasteiger partial charge in [-0.15, -0.1) is 11.3 Å². The van der Waals surface area contributed by atoms with Gasteiger partial charge in [0.05, 0.1) is 17.5 Å². The Balaban J connectivity index is 2.22. The first kappa shape index (κ1) is 12.8. The average molecular weight is 268 g/mol. The van der Waals surface area contributed by atoms with Crippen LogP contribution in [0.4, 0.5) is 5.69 Å². The molecule has 0 spiro atoms. The topological polar surface area (TPSA) is 75.8 Å². The van der Waals surface area contributed by atoms with Gasteiger partial charge in [-0.3, -0.25) is 4.79 Å². The van der Waals surface area contributed by atoms with Gasteiger partial charge >= 0.3 is 0 Å². The Bertz CT molecular complexity index is 509. The number of rotatable bonds is 2. The number of carbonyl (C=O) groups is 1. The molecule has 1 aliphatic rings. The van der Waals surface area contributed by atoms with Crippen molar-refractivity contribution in [3.63, 3.8) is 0 Å². The highest BCUT2D eigenvalue weighted by Gasteiger charge is 2.32. The van der Waals surface area contributed by atoms with Gasteiger partial charge in [0.1, 0.15) is 11.0 Å². The van der Waals surface area contributed by atoms with Gasteiger partial charge in [-0.25, -0.2) is 0 Å². The second kappa shape index (κ2) is 4.53. The second-order valence-electron chi connectivity index (χ2n) is 4.38. The maximum absolute atomic E-state index is 12.3. The van der Waals surface area contributed by atoms with Crippen LogP contribution in [0.25, 0.3) is 0 Å². The van der Waals surface area contributed by atoms with Crippen LogP contribution in [0, 0.1) is 0 Å². The van der Waals surface area contributed by atoms with Crippen LogP contribution in [0.2, 0.25) is 0 Å². The van der Waals surface area contributed by atoms with Crippen LogP contribution < -0.4 is 5.73 Å². The fourth-order valence-corrected chi connectivity index (χ4v) is 2.85. The number of hydrogen-bond acceptors (Lipinski definition) is 5. The molecular weight excluding hydrogens is 252 g/mol. The van der Waals surface area contributed by atoms with Gasteiger partial charge in [-0.05, 0) is 19.9 Å². The van der Waals surface area contributed by atoms with Crippen LogP contribution in [0.5, 0.6) is 5.75 Å². The molecule has 2 atom stereocenters. The summed E-state index contributed by atoms with van der Waals surface area (Å²) in [6, 6.07) is -0.125. The van der Waals surface area contributed by atoms with Gasteiger partial charge in [0.15, 0.2) is 5.75 Å². The highest BCUT2D eigenvalue weighted by atomic mass is 32.1. The molecule has 1 aliphatic heterocycles. The Morgan fingerprint density at radius 3 is 2.72 bits per heavy atom. The van der Waals surface area contributed by atoms with Gasteiger partial charge in [0.2, 0.25) is 0 Å². The van der Waals surface area contributed by atoms with Gasteiger partial charge in [-0.1, -0.05) is 0 Å². The van der Waals surface area contributed by atoms with Crippen molar-refractivity contribution < 1.29 is 14.6 Å². The van der Waals surface area contributed by atoms with Gasteiger partial charge < -0.3 is 20.5 Å². The third-order valence-corrected chi connectivity index (χ3v) is 3.99. The summed E-state index contributed by atoms with van der Waals surface area (Å²) >= 11 is 1.15. The summed E-state index contributed by atoms with van der Waals surface area (Å²) < 4.78 is 5.50. The molecule has 0 aliphatic carbocycles. The molecule has 0 radical (unpaired) electrons. The van der Waals surface area contributed by atoms with Gasteiger partial charge in [0, 0.05) is 12.4 Å². The van der Waals surface area contributed by atoms with Crippen molar-refractivity contribution in [1.82, 2.24) is 4.90 Å². The van der Waals surface area contributed by atoms with Crippen LogP contribution in [0.1, 0.15) is 23.5 Å². The summed E-state index contributed by atoms with van der Waals surface area (Å²) in [6.45, 7) is 3.76. The number of nitrogens with zero attached hydrogens (tertiary/aromatic N) is 1. The lowest BCUT2D eigenvalue weighted by atomic mass is 10.1. The average Bonchev–Trinajstić information content (AvgIpc) is 2.82. The zero-order valence-corrected chi connectivity index (χ0v) is 11.3. The Labute approximate surface area is 109 Å². The third kappa shape index (κ3) is 2.03. The van der Waals surface area contributed by atoms with Crippen LogP contribution in [0.15, 0.2) is 17.2 Å². The van der Waals surface area contributed by atoms with E-state index in [2.05, 4.69) is 0 Å². The molecule has 1 aromatic rings. The summed E-state index contributed by atoms with van der Waals surface area (Å²) in [5, 5.41) is 11.3. The second-order valence-corrected chi connectivity index (χ2v) is 5.26. The van der Waals surface area contributed by atoms with E-state index in [9.17, 15) is 9.90 Å². The Kier molecular flexibility index (Phi) is 3.21. The van der Waals surface area contributed by atoms with E-state index in [1.165, 1.54) is 0 Å². The minimum atomic E-state index is -0.249. The summed E-state index contributed by atoms with van der Waals surface area (Å²) in [4.78, 5) is 14.1. The van der Waals surface area contributed by atoms with E-state index in [0.717, 1.165) is 17.1 Å². The number of aromatic hydroxyl groups is 1. The number of amides is 1. The quantitative estimate of drug-likeness (QED) is 0.857. The Morgan fingerprint density at radius 2 is 2.28 bits per heavy atom. The zero-order valence-electron chi connectivity index (χ0n) is 10.5. The molecule has 6 heteroatoms. The molecule has 2 heterocycles. The van der Waals surface area contributed by atoms with E-state index in [-0.39, 0.29) is 34.4 Å². The van der Waals surface area contributed by atoms with Gasteiger partial charge in [-0.2, -0.15) is 0 Å². The van der Waals surface area contributed by atoms with Crippen molar-refractivity contribution in [1.29, 1.82) is 0 Å². The predicted molar refractivity (Wildman–Crippen MR) is 70.6 cm³/mol. The number of thiophene rings is 1. The number of anilines is 1. The zero-order chi connectivity index (χ0) is 13.4. The highest BCUT2D eigenvalue weighted by molar-refractivity contribution is 7.13. The van der Waals surface area contributed by atoms with E-state index < -0.39 is 0 Å². The van der Waals surface area contributed by atoms with Crippen molar-refractivity contribution in [3.8, 4) is 5.75 Å². The first-order chi connectivity index (χ1) is 8.41. The van der Waals surface area contributed by atoms with Crippen molar-refractivity contribution in [3.05, 3.63) is 22.1 Å². The van der Waals surface area contributed by atoms with Crippen LogP contribution in [-0.2, 0) is 4.74 Å². The van der Waals surface area contributed by atoms with E-state index in [0.29, 0.717) is 0 Å². The number of ether oxygens (including phenoxy) is 1. The van der Waals surface area contributed by atoms with E-state index in [1.54, 1.807) is 17.3 Å². The van der Waals surface area contributed by atoms with Crippen LogP contribution in [-0.4, -0.2) is 35.1 Å². The molecule has 5 nitrogen and oxygen atoms in total. The standard InChI is InChI=1S/C12H16N2O3S/c1-6-4-9(7(2)17-6)14(3)12(16)11-10(15)8(13)5-18-11/h4-5,7,9,15H,13H2,1-3H3. The fourth-order valence-electron chi connectivity index (χ4n) is 2.02. The van der Waals surface area contributed by atoms with E-state index in [1.807, 2.05) is 19.9 Å². The minimum Gasteiger partial charge on any atom is -0.504 e. The van der Waals surface area contributed by atoms with E-state index in [4.69, 9.17) is 10.5 Å². The molecule has 2 rings (SSSR count). The molecule has 98 valence electrons. The number of nitrogen functional groups attached to an aromatic ring is 1. The molecule has 1 aromatic heterocycles. The number of nitrogens with two attached hydrogens (primary N) is 1. The van der Waals surface area contributed by atoms with Crippen molar-refractivity contribution in [2.24, 2.45) is 0 Å². The lowest BCUT2D eigenvalue weighted by molar-refractivity contribution is 0.0609. The molecule has 0 saturated carbocycles. The largest absolute Gasteiger partial charge is 0.504 e. The summed E-state index contributed by atoms with van der Waals surface area (Å²) in [5.74, 6) is 0.423. The first-order valence-electron chi connectivity index (χ1n) is 5.60. The fraction of sp³-hybridized carbons (Fsp3) is 0.417. The number of carbonyl (C=O) groups excluding carboxylic acids is 1. The van der Waals surface area contributed by atoms with E-state index >= 15 is 0 Å². The van der Waals surface area contributed by atoms with Crippen molar-refractivity contribution in [2.45, 2.75) is 26.0 Å². The third-order valence-electron chi connectivity index (χ3n) is 3.01. The molecule has 0 fully saturated rings. The maximum Gasteiger partial charge on any atom is 0.268 e. The summed E-state index contributed by atoms with van der Waals surface area (Å²) in [5.41, 5.74) is 5.77. The Hall–Kier alpha value is -1.69. The monoisotopic (exact) mass is 268 g/mol. The molecule has 18 heavy (non-hydrogen) atoms. The summed E-state index contributed by atoms with van der Waals surface area (Å²) in [6.07, 6.45) is 1.81. The van der Waals surface area contributed by atoms with Crippen molar-refractivity contribution >= 4 is 22.9 Å². The first-order valence-corrected chi connectivity index (χ1v) is 6.48. The molecule has 1 amide bonds. The number of likely N-dealkylation sites (N-methyl/N-ethyl adjacent to an activating group) is 1. The maximum atomic E-state index is 12.3. The molecule has 0 bridgehead atoms. The van der Waals surface area contributed by atoms with Crippen LogP contribution >= 0.6 is 11.3 Å². The Morgan fingerprint density at radius 1 is 1.61 bits per heavy atom. The molecule has 2 unspecified atom stereocenters.